The summed E-state index contributed by atoms with van der Waals surface area (Å²) in [5.41, 5.74) is 4.98. The van der Waals surface area contributed by atoms with Gasteiger partial charge in [-0.05, 0) is 21.9 Å². The number of fused-ring (bicyclic) bond motifs is 19. The number of hydrogen-bond acceptors (Lipinski definition) is 5. The number of benzene rings is 4. The van der Waals surface area contributed by atoms with Crippen molar-refractivity contribution in [1.29, 1.82) is 0 Å². The SMILES string of the molecule is Cn1c2c3ccccc3c1/N=C1\[N-]C(/N=c3\[n-]c(c4ccccc34)=NC3=N/C(=N\2)c2ccccc23)c2ccccc21.[Cu+2]. The predicted octanol–water partition coefficient (Wildman–Crippen LogP) is 5.54. The molecular weight excluding hydrogens is 572 g/mol. The summed E-state index contributed by atoms with van der Waals surface area (Å²) in [5, 5.41) is 8.84. The van der Waals surface area contributed by atoms with Gasteiger partial charge in [-0.1, -0.05) is 103 Å². The summed E-state index contributed by atoms with van der Waals surface area (Å²) < 4.78 is 2.02. The van der Waals surface area contributed by atoms with Gasteiger partial charge in [0.05, 0.1) is 5.84 Å². The monoisotopic (exact) mass is 591 g/mol. The van der Waals surface area contributed by atoms with Crippen LogP contribution >= 0.6 is 0 Å². The van der Waals surface area contributed by atoms with Crippen molar-refractivity contribution in [2.75, 3.05) is 0 Å². The third kappa shape index (κ3) is 3.51. The van der Waals surface area contributed by atoms with E-state index >= 15 is 0 Å². The van der Waals surface area contributed by atoms with Crippen LogP contribution in [0.2, 0.25) is 0 Å². The van der Waals surface area contributed by atoms with Crippen LogP contribution in [0.15, 0.2) is 122 Å². The van der Waals surface area contributed by atoms with Crippen molar-refractivity contribution in [1.82, 2.24) is 9.55 Å². The Morgan fingerprint density at radius 3 is 1.83 bits per heavy atom. The fraction of sp³-hybridized carbons (Fsp3) is 0.0606. The predicted molar refractivity (Wildman–Crippen MR) is 160 cm³/mol. The molecule has 6 aromatic rings. The largest absolute Gasteiger partial charge is 2.00 e. The maximum Gasteiger partial charge on any atom is 2.00 e. The minimum Gasteiger partial charge on any atom is -0.451 e. The molecule has 9 heteroatoms. The van der Waals surface area contributed by atoms with Crippen LogP contribution in [0, 0.1) is 0 Å². The topological polar surface area (TPSA) is 94.9 Å². The van der Waals surface area contributed by atoms with Crippen molar-refractivity contribution in [3.8, 4) is 0 Å². The van der Waals surface area contributed by atoms with Gasteiger partial charge >= 0.3 is 17.1 Å². The van der Waals surface area contributed by atoms with Crippen LogP contribution in [0.3, 0.4) is 0 Å². The van der Waals surface area contributed by atoms with Crippen LogP contribution in [0.1, 0.15) is 28.4 Å². The molecular formula is C33H20CuN8. The fourth-order valence-electron chi connectivity index (χ4n) is 5.93. The molecule has 2 aromatic heterocycles. The standard InChI is InChI=1S/C33H20N8.Cu/c1-41-32-24-16-8-9-17-25(24)33(41)40-31-23-15-7-5-13-21(23)29(38-31)36-27-19-11-3-2-10-18(19)26(34-27)35-28-20-12-4-6-14-22(20)30(37-28)39-32;/h2-17,28H,1H3;/q-2;+2. The molecule has 5 heterocycles. The van der Waals surface area contributed by atoms with E-state index in [-0.39, 0.29) is 17.1 Å². The Kier molecular flexibility index (Phi) is 5.41. The van der Waals surface area contributed by atoms with Crippen molar-refractivity contribution in [3.63, 3.8) is 0 Å². The first-order valence-corrected chi connectivity index (χ1v) is 13.4. The number of amidine groups is 3. The molecule has 0 spiro atoms. The minimum atomic E-state index is -0.468. The van der Waals surface area contributed by atoms with Crippen LogP contribution in [0.4, 0.5) is 11.6 Å². The van der Waals surface area contributed by atoms with Crippen molar-refractivity contribution >= 4 is 50.7 Å². The summed E-state index contributed by atoms with van der Waals surface area (Å²) in [7, 11) is 1.99. The first kappa shape index (κ1) is 24.7. The molecule has 3 aliphatic rings. The summed E-state index contributed by atoms with van der Waals surface area (Å²) in [6.45, 7) is 0. The van der Waals surface area contributed by atoms with Gasteiger partial charge in [-0.3, -0.25) is 0 Å². The summed E-state index contributed by atoms with van der Waals surface area (Å²) in [4.78, 5) is 30.2. The van der Waals surface area contributed by atoms with Gasteiger partial charge in [0.1, 0.15) is 5.82 Å². The van der Waals surface area contributed by atoms with E-state index in [1.807, 2.05) is 84.4 Å². The van der Waals surface area contributed by atoms with Gasteiger partial charge in [0.25, 0.3) is 0 Å². The Morgan fingerprint density at radius 1 is 0.571 bits per heavy atom. The molecule has 1 unspecified atom stereocenters. The number of nitrogens with zero attached hydrogens (tertiary/aromatic N) is 8. The van der Waals surface area contributed by atoms with Gasteiger partial charge in [-0.25, -0.2) is 9.98 Å². The Bertz CT molecular complexity index is 2320. The van der Waals surface area contributed by atoms with Crippen molar-refractivity contribution in [2.24, 2.45) is 32.0 Å². The molecule has 42 heavy (non-hydrogen) atoms. The molecule has 0 N–H and O–H groups in total. The summed E-state index contributed by atoms with van der Waals surface area (Å²) in [6, 6.07) is 32.4. The molecule has 0 amide bonds. The van der Waals surface area contributed by atoms with E-state index in [2.05, 4.69) is 24.3 Å². The number of aromatic nitrogens is 2. The molecule has 0 saturated heterocycles. The van der Waals surface area contributed by atoms with Crippen molar-refractivity contribution < 1.29 is 17.1 Å². The molecule has 0 saturated carbocycles. The van der Waals surface area contributed by atoms with Gasteiger partial charge < -0.3 is 29.8 Å². The first-order chi connectivity index (χ1) is 20.2. The molecule has 8 bridgehead atoms. The molecule has 0 aliphatic carbocycles. The Labute approximate surface area is 250 Å². The van der Waals surface area contributed by atoms with Crippen LogP contribution in [-0.4, -0.2) is 22.1 Å². The normalized spacial score (nSPS) is 19.6. The zero-order chi connectivity index (χ0) is 27.1. The second kappa shape index (κ2) is 9.21. The molecule has 3 aliphatic heterocycles. The van der Waals surface area contributed by atoms with E-state index in [9.17, 15) is 0 Å². The Morgan fingerprint density at radius 2 is 1.12 bits per heavy atom. The van der Waals surface area contributed by atoms with E-state index in [0.717, 1.165) is 55.4 Å². The van der Waals surface area contributed by atoms with Gasteiger partial charge in [0.2, 0.25) is 0 Å². The molecule has 1 radical (unpaired) electrons. The smallest absolute Gasteiger partial charge is 0.451 e. The van der Waals surface area contributed by atoms with Gasteiger partial charge in [0, 0.05) is 51.9 Å². The Hall–Kier alpha value is -5.11. The fourth-order valence-corrected chi connectivity index (χ4v) is 5.93. The summed E-state index contributed by atoms with van der Waals surface area (Å²) in [6.07, 6.45) is -0.468. The van der Waals surface area contributed by atoms with Gasteiger partial charge in [-0.15, -0.1) is 0 Å². The average Bonchev–Trinajstić information content (AvgIpc) is 3.72. The van der Waals surface area contributed by atoms with Crippen LogP contribution in [-0.2, 0) is 24.1 Å². The van der Waals surface area contributed by atoms with E-state index < -0.39 is 6.17 Å². The molecule has 4 aromatic carbocycles. The first-order valence-electron chi connectivity index (χ1n) is 13.4. The van der Waals surface area contributed by atoms with E-state index in [4.69, 9.17) is 35.3 Å². The number of hydrogen-bond donors (Lipinski definition) is 0. The van der Waals surface area contributed by atoms with Gasteiger partial charge in [0.15, 0.2) is 5.84 Å². The zero-order valence-corrected chi connectivity index (χ0v) is 23.1. The van der Waals surface area contributed by atoms with Crippen LogP contribution in [0.5, 0.6) is 0 Å². The number of aliphatic imine (C=N–C) groups is 3. The molecule has 9 rings (SSSR count). The summed E-state index contributed by atoms with van der Waals surface area (Å²) in [5.74, 6) is 3.37. The number of rotatable bonds is 0. The minimum absolute atomic E-state index is 0. The Balaban J connectivity index is 0.00000267. The quantitative estimate of drug-likeness (QED) is 0.213. The molecule has 8 nitrogen and oxygen atoms in total. The van der Waals surface area contributed by atoms with Crippen LogP contribution < -0.4 is 16.0 Å². The average molecular weight is 592 g/mol. The van der Waals surface area contributed by atoms with E-state index in [1.165, 1.54) is 0 Å². The van der Waals surface area contributed by atoms with E-state index in [0.29, 0.717) is 28.5 Å². The van der Waals surface area contributed by atoms with Crippen molar-refractivity contribution in [2.45, 2.75) is 6.17 Å². The second-order valence-corrected chi connectivity index (χ2v) is 10.2. The molecule has 1 atom stereocenters. The second-order valence-electron chi connectivity index (χ2n) is 10.2. The van der Waals surface area contributed by atoms with Gasteiger partial charge in [-0.2, -0.15) is 0 Å². The maximum absolute atomic E-state index is 5.14. The maximum atomic E-state index is 5.14. The third-order valence-corrected chi connectivity index (χ3v) is 7.89. The third-order valence-electron chi connectivity index (χ3n) is 7.89. The molecule has 0 fully saturated rings. The summed E-state index contributed by atoms with van der Waals surface area (Å²) >= 11 is 0. The van der Waals surface area contributed by atoms with Crippen molar-refractivity contribution in [3.05, 3.63) is 136 Å². The van der Waals surface area contributed by atoms with Crippen LogP contribution in [0.25, 0.3) is 26.9 Å². The van der Waals surface area contributed by atoms with E-state index in [1.54, 1.807) is 0 Å². The molecule has 203 valence electrons. The zero-order valence-electron chi connectivity index (χ0n) is 22.2.